The summed E-state index contributed by atoms with van der Waals surface area (Å²) in [5.41, 5.74) is 0.757. The zero-order valence-electron chi connectivity index (χ0n) is 11.1. The molecule has 1 fully saturated rings. The molecule has 1 aromatic heterocycles. The lowest BCUT2D eigenvalue weighted by Crippen LogP contribution is -2.47. The van der Waals surface area contributed by atoms with Crippen LogP contribution in [-0.4, -0.2) is 49.4 Å². The van der Waals surface area contributed by atoms with Crippen LogP contribution in [0.1, 0.15) is 18.5 Å². The van der Waals surface area contributed by atoms with Crippen molar-refractivity contribution in [2.75, 3.05) is 26.7 Å². The van der Waals surface area contributed by atoms with Crippen LogP contribution in [0.2, 0.25) is 0 Å². The number of aromatic amines is 1. The van der Waals surface area contributed by atoms with Crippen molar-refractivity contribution in [1.29, 1.82) is 0 Å². The van der Waals surface area contributed by atoms with E-state index in [4.69, 9.17) is 0 Å². The Morgan fingerprint density at radius 2 is 2.42 bits per heavy atom. The quantitative estimate of drug-likeness (QED) is 0.668. The Hall–Kier alpha value is -0.960. The van der Waals surface area contributed by atoms with Crippen LogP contribution in [0.25, 0.3) is 0 Å². The molecule has 19 heavy (non-hydrogen) atoms. The monoisotopic (exact) mass is 287 g/mol. The van der Waals surface area contributed by atoms with Gasteiger partial charge in [0.1, 0.15) is 0 Å². The molecule has 0 radical (unpaired) electrons. The van der Waals surface area contributed by atoms with Crippen LogP contribution in [-0.2, 0) is 16.8 Å². The van der Waals surface area contributed by atoms with Gasteiger partial charge in [0.25, 0.3) is 10.2 Å². The van der Waals surface area contributed by atoms with Crippen molar-refractivity contribution >= 4 is 10.2 Å². The van der Waals surface area contributed by atoms with E-state index in [1.54, 1.807) is 6.20 Å². The van der Waals surface area contributed by atoms with Gasteiger partial charge in [0.2, 0.25) is 0 Å². The summed E-state index contributed by atoms with van der Waals surface area (Å²) in [5.74, 6) is 0.391. The fourth-order valence-corrected chi connectivity index (χ4v) is 3.64. The van der Waals surface area contributed by atoms with Crippen molar-refractivity contribution < 1.29 is 8.42 Å². The number of hydrogen-bond donors (Lipinski definition) is 3. The van der Waals surface area contributed by atoms with Gasteiger partial charge in [-0.25, -0.2) is 4.98 Å². The van der Waals surface area contributed by atoms with Gasteiger partial charge in [0, 0.05) is 25.0 Å². The predicted molar refractivity (Wildman–Crippen MR) is 72.6 cm³/mol. The number of piperidine rings is 1. The molecule has 0 aliphatic carbocycles. The Bertz CT molecular complexity index is 471. The molecule has 108 valence electrons. The maximum absolute atomic E-state index is 12.2. The largest absolute Gasteiger partial charge is 0.347 e. The lowest BCUT2D eigenvalue weighted by molar-refractivity contribution is 0.261. The first kappa shape index (κ1) is 14.4. The highest BCUT2D eigenvalue weighted by Crippen LogP contribution is 2.18. The van der Waals surface area contributed by atoms with E-state index in [1.807, 2.05) is 7.05 Å². The highest BCUT2D eigenvalue weighted by atomic mass is 32.2. The molecule has 0 spiro atoms. The zero-order chi connectivity index (χ0) is 13.7. The van der Waals surface area contributed by atoms with Crippen LogP contribution in [0.5, 0.6) is 0 Å². The van der Waals surface area contributed by atoms with Crippen LogP contribution in [0.4, 0.5) is 0 Å². The lowest BCUT2D eigenvalue weighted by atomic mass is 10.00. The molecule has 1 atom stereocenters. The third-order valence-corrected chi connectivity index (χ3v) is 4.83. The molecule has 3 N–H and O–H groups in total. The summed E-state index contributed by atoms with van der Waals surface area (Å²) in [6.45, 7) is 2.28. The second kappa shape index (κ2) is 6.47. The molecule has 0 saturated carbocycles. The molecule has 1 saturated heterocycles. The van der Waals surface area contributed by atoms with Crippen molar-refractivity contribution in [2.45, 2.75) is 19.4 Å². The first-order valence-corrected chi connectivity index (χ1v) is 7.92. The highest BCUT2D eigenvalue weighted by Gasteiger charge is 2.28. The molecule has 1 aliphatic rings. The van der Waals surface area contributed by atoms with Crippen molar-refractivity contribution in [3.63, 3.8) is 0 Å². The normalized spacial score (nSPS) is 21.6. The van der Waals surface area contributed by atoms with E-state index in [9.17, 15) is 8.42 Å². The Morgan fingerprint density at radius 3 is 3.11 bits per heavy atom. The minimum absolute atomic E-state index is 0.246. The molecule has 8 heteroatoms. The molecule has 7 nitrogen and oxygen atoms in total. The summed E-state index contributed by atoms with van der Waals surface area (Å²) in [6.07, 6.45) is 5.14. The molecule has 1 aromatic rings. The van der Waals surface area contributed by atoms with Crippen LogP contribution in [0, 0.1) is 5.92 Å². The smallest absolute Gasteiger partial charge is 0.279 e. The Kier molecular flexibility index (Phi) is 4.92. The fourth-order valence-electron chi connectivity index (χ4n) is 2.34. The fraction of sp³-hybridized carbons (Fsp3) is 0.727. The molecule has 1 aliphatic heterocycles. The molecule has 0 amide bonds. The van der Waals surface area contributed by atoms with E-state index in [2.05, 4.69) is 20.0 Å². The number of imidazole rings is 1. The van der Waals surface area contributed by atoms with Crippen molar-refractivity contribution in [2.24, 2.45) is 5.92 Å². The summed E-state index contributed by atoms with van der Waals surface area (Å²) >= 11 is 0. The number of nitrogens with zero attached hydrogens (tertiary/aromatic N) is 2. The van der Waals surface area contributed by atoms with Crippen LogP contribution < -0.4 is 10.0 Å². The van der Waals surface area contributed by atoms with Gasteiger partial charge in [-0.15, -0.1) is 0 Å². The van der Waals surface area contributed by atoms with E-state index >= 15 is 0 Å². The number of aromatic nitrogens is 2. The van der Waals surface area contributed by atoms with Gasteiger partial charge in [0.15, 0.2) is 0 Å². The van der Waals surface area contributed by atoms with E-state index in [-0.39, 0.29) is 6.54 Å². The highest BCUT2D eigenvalue weighted by molar-refractivity contribution is 7.87. The average molecular weight is 287 g/mol. The van der Waals surface area contributed by atoms with Crippen molar-refractivity contribution in [3.8, 4) is 0 Å². The summed E-state index contributed by atoms with van der Waals surface area (Å²) in [5, 5.41) is 3.11. The SMILES string of the molecule is CNCC1CCCN(S(=O)(=O)NCc2cnc[nH]2)C1. The molecule has 1 unspecified atom stereocenters. The molecule has 2 rings (SSSR count). The first-order chi connectivity index (χ1) is 9.12. The standard InChI is InChI=1S/C11H21N5O2S/c1-12-5-10-3-2-4-16(8-10)19(17,18)15-7-11-6-13-9-14-11/h6,9-10,12,15H,2-5,7-8H2,1H3,(H,13,14). The van der Waals surface area contributed by atoms with Gasteiger partial charge < -0.3 is 10.3 Å². The van der Waals surface area contributed by atoms with Crippen LogP contribution >= 0.6 is 0 Å². The van der Waals surface area contributed by atoms with E-state index in [1.165, 1.54) is 10.6 Å². The topological polar surface area (TPSA) is 90.1 Å². The molecular formula is C11H21N5O2S. The lowest BCUT2D eigenvalue weighted by Gasteiger charge is -2.31. The molecule has 2 heterocycles. The summed E-state index contributed by atoms with van der Waals surface area (Å²) in [6, 6.07) is 0. The average Bonchev–Trinajstić information content (AvgIpc) is 2.90. The number of rotatable bonds is 6. The first-order valence-electron chi connectivity index (χ1n) is 6.48. The maximum Gasteiger partial charge on any atom is 0.279 e. The summed E-state index contributed by atoms with van der Waals surface area (Å²) in [4.78, 5) is 6.73. The van der Waals surface area contributed by atoms with Crippen molar-refractivity contribution in [1.82, 2.24) is 24.3 Å². The van der Waals surface area contributed by atoms with E-state index in [0.717, 1.165) is 25.1 Å². The van der Waals surface area contributed by atoms with Gasteiger partial charge >= 0.3 is 0 Å². The van der Waals surface area contributed by atoms with E-state index in [0.29, 0.717) is 19.0 Å². The third kappa shape index (κ3) is 4.00. The zero-order valence-corrected chi connectivity index (χ0v) is 11.9. The second-order valence-corrected chi connectivity index (χ2v) is 6.58. The van der Waals surface area contributed by atoms with Gasteiger partial charge in [-0.1, -0.05) is 0 Å². The number of H-pyrrole nitrogens is 1. The van der Waals surface area contributed by atoms with Gasteiger partial charge in [-0.2, -0.15) is 17.4 Å². The molecular weight excluding hydrogens is 266 g/mol. The van der Waals surface area contributed by atoms with Gasteiger partial charge in [-0.3, -0.25) is 0 Å². The third-order valence-electron chi connectivity index (χ3n) is 3.31. The Morgan fingerprint density at radius 1 is 1.58 bits per heavy atom. The Balaban J connectivity index is 1.91. The maximum atomic E-state index is 12.2. The van der Waals surface area contributed by atoms with E-state index < -0.39 is 10.2 Å². The van der Waals surface area contributed by atoms with Gasteiger partial charge in [0.05, 0.1) is 12.9 Å². The summed E-state index contributed by atoms with van der Waals surface area (Å²) < 4.78 is 28.5. The van der Waals surface area contributed by atoms with Crippen LogP contribution in [0.15, 0.2) is 12.5 Å². The van der Waals surface area contributed by atoms with Crippen LogP contribution in [0.3, 0.4) is 0 Å². The summed E-state index contributed by atoms with van der Waals surface area (Å²) in [7, 11) is -1.51. The number of hydrogen-bond acceptors (Lipinski definition) is 4. The molecule has 0 bridgehead atoms. The van der Waals surface area contributed by atoms with Gasteiger partial charge in [-0.05, 0) is 32.4 Å². The van der Waals surface area contributed by atoms with Crippen molar-refractivity contribution in [3.05, 3.63) is 18.2 Å². The minimum Gasteiger partial charge on any atom is -0.347 e. The molecule has 0 aromatic carbocycles. The predicted octanol–water partition coefficient (Wildman–Crippen LogP) is -0.324. The Labute approximate surface area is 114 Å². The minimum atomic E-state index is -3.40. The number of nitrogens with one attached hydrogen (secondary N) is 3. The second-order valence-electron chi connectivity index (χ2n) is 4.83.